The standard InChI is InChI=1S/C26H26N8O2/c1-15-8-16(4-7-23(15)35-18-5-6-22-20(11-18)31-14-34(22)3)32-25-24-21(29-13-30-25)12-28-26(33-24)36-19-9-17(10-19)27-2/h4-8,11-14,17,19,27H,9-10H2,1-3H3,(H,29,30,32). The molecule has 2 aromatic carbocycles. The SMILES string of the molecule is CNC1CC(Oc2ncc3ncnc(Nc4ccc(Oc5ccc6c(c5)ncn6C)c(C)c4)c3n2)C1. The Bertz CT molecular complexity index is 1560. The number of rotatable bonds is 7. The Labute approximate surface area is 207 Å². The van der Waals surface area contributed by atoms with E-state index < -0.39 is 0 Å². The average molecular weight is 483 g/mol. The van der Waals surface area contributed by atoms with E-state index in [0.29, 0.717) is 28.9 Å². The van der Waals surface area contributed by atoms with E-state index in [0.717, 1.165) is 46.6 Å². The summed E-state index contributed by atoms with van der Waals surface area (Å²) < 4.78 is 14.1. The van der Waals surface area contributed by atoms with E-state index in [2.05, 4.69) is 35.6 Å². The Morgan fingerprint density at radius 3 is 2.72 bits per heavy atom. The van der Waals surface area contributed by atoms with E-state index >= 15 is 0 Å². The number of benzene rings is 2. The Kier molecular flexibility index (Phi) is 5.57. The van der Waals surface area contributed by atoms with Crippen LogP contribution in [0.3, 0.4) is 0 Å². The average Bonchev–Trinajstić information content (AvgIpc) is 3.23. The molecule has 0 unspecified atom stereocenters. The molecule has 36 heavy (non-hydrogen) atoms. The van der Waals surface area contributed by atoms with Crippen molar-refractivity contribution in [1.29, 1.82) is 0 Å². The molecule has 3 aromatic heterocycles. The van der Waals surface area contributed by atoms with Crippen LogP contribution >= 0.6 is 0 Å². The maximum atomic E-state index is 6.14. The van der Waals surface area contributed by atoms with E-state index in [4.69, 9.17) is 9.47 Å². The van der Waals surface area contributed by atoms with Gasteiger partial charge in [-0.15, -0.1) is 0 Å². The van der Waals surface area contributed by atoms with Crippen LogP contribution in [-0.2, 0) is 7.05 Å². The summed E-state index contributed by atoms with van der Waals surface area (Å²) in [6, 6.07) is 12.6. The molecule has 0 spiro atoms. The van der Waals surface area contributed by atoms with Gasteiger partial charge in [0.2, 0.25) is 0 Å². The Hall–Kier alpha value is -4.31. The molecule has 10 nitrogen and oxygen atoms in total. The highest BCUT2D eigenvalue weighted by molar-refractivity contribution is 5.86. The molecule has 10 heteroatoms. The van der Waals surface area contributed by atoms with E-state index in [-0.39, 0.29) is 6.10 Å². The fraction of sp³-hybridized carbons (Fsp3) is 0.269. The number of nitrogens with zero attached hydrogens (tertiary/aromatic N) is 6. The number of ether oxygens (including phenoxy) is 2. The third kappa shape index (κ3) is 4.27. The number of imidazole rings is 1. The fourth-order valence-electron chi connectivity index (χ4n) is 4.32. The summed E-state index contributed by atoms with van der Waals surface area (Å²) in [6.07, 6.45) is 6.96. The van der Waals surface area contributed by atoms with Gasteiger partial charge in [-0.05, 0) is 62.7 Å². The van der Waals surface area contributed by atoms with Gasteiger partial charge in [0, 0.05) is 24.8 Å². The number of hydrogen-bond donors (Lipinski definition) is 2. The number of nitrogens with one attached hydrogen (secondary N) is 2. The van der Waals surface area contributed by atoms with Crippen molar-refractivity contribution in [2.24, 2.45) is 7.05 Å². The summed E-state index contributed by atoms with van der Waals surface area (Å²) in [6.45, 7) is 2.00. The minimum absolute atomic E-state index is 0.120. The second-order valence-electron chi connectivity index (χ2n) is 9.02. The minimum atomic E-state index is 0.120. The van der Waals surface area contributed by atoms with Gasteiger partial charge in [-0.25, -0.2) is 19.9 Å². The van der Waals surface area contributed by atoms with E-state index in [1.165, 1.54) is 6.33 Å². The zero-order valence-corrected chi connectivity index (χ0v) is 20.3. The summed E-state index contributed by atoms with van der Waals surface area (Å²) in [4.78, 5) is 22.0. The number of aryl methyl sites for hydroxylation is 2. The van der Waals surface area contributed by atoms with Crippen LogP contribution in [0.5, 0.6) is 17.5 Å². The minimum Gasteiger partial charge on any atom is -0.460 e. The molecular weight excluding hydrogens is 456 g/mol. The molecule has 0 atom stereocenters. The summed E-state index contributed by atoms with van der Waals surface area (Å²) in [5.74, 6) is 2.09. The van der Waals surface area contributed by atoms with Crippen molar-refractivity contribution < 1.29 is 9.47 Å². The van der Waals surface area contributed by atoms with Crippen molar-refractivity contribution in [1.82, 2.24) is 34.8 Å². The van der Waals surface area contributed by atoms with Crippen molar-refractivity contribution in [2.75, 3.05) is 12.4 Å². The van der Waals surface area contributed by atoms with Gasteiger partial charge in [-0.2, -0.15) is 4.98 Å². The first-order valence-electron chi connectivity index (χ1n) is 11.8. The molecule has 5 aromatic rings. The molecule has 6 rings (SSSR count). The van der Waals surface area contributed by atoms with Gasteiger partial charge in [0.25, 0.3) is 0 Å². The molecule has 0 bridgehead atoms. The van der Waals surface area contributed by atoms with Crippen LogP contribution in [0.25, 0.3) is 22.1 Å². The third-order valence-corrected chi connectivity index (χ3v) is 6.49. The first-order chi connectivity index (χ1) is 17.6. The number of fused-ring (bicyclic) bond motifs is 2. The van der Waals surface area contributed by atoms with Crippen molar-refractivity contribution in [3.63, 3.8) is 0 Å². The Balaban J connectivity index is 1.20. The molecular formula is C26H26N8O2. The lowest BCUT2D eigenvalue weighted by atomic mass is 9.89. The van der Waals surface area contributed by atoms with Crippen LogP contribution in [0.15, 0.2) is 55.2 Å². The first-order valence-corrected chi connectivity index (χ1v) is 11.8. The molecule has 2 N–H and O–H groups in total. The predicted molar refractivity (Wildman–Crippen MR) is 137 cm³/mol. The van der Waals surface area contributed by atoms with Crippen LogP contribution in [0.2, 0.25) is 0 Å². The van der Waals surface area contributed by atoms with Crippen molar-refractivity contribution in [2.45, 2.75) is 31.9 Å². The maximum Gasteiger partial charge on any atom is 0.317 e. The lowest BCUT2D eigenvalue weighted by molar-refractivity contribution is 0.0793. The van der Waals surface area contributed by atoms with Crippen LogP contribution in [0, 0.1) is 6.92 Å². The summed E-state index contributed by atoms with van der Waals surface area (Å²) in [7, 11) is 3.93. The highest BCUT2D eigenvalue weighted by Gasteiger charge is 2.30. The Morgan fingerprint density at radius 1 is 1.00 bits per heavy atom. The normalized spacial score (nSPS) is 17.2. The Morgan fingerprint density at radius 2 is 1.89 bits per heavy atom. The number of aromatic nitrogens is 6. The molecule has 182 valence electrons. The molecule has 0 radical (unpaired) electrons. The fourth-order valence-corrected chi connectivity index (χ4v) is 4.32. The van der Waals surface area contributed by atoms with Crippen LogP contribution in [0.4, 0.5) is 11.5 Å². The molecule has 1 aliphatic carbocycles. The smallest absolute Gasteiger partial charge is 0.317 e. The van der Waals surface area contributed by atoms with E-state index in [1.54, 1.807) is 12.5 Å². The second kappa shape index (κ2) is 9.04. The summed E-state index contributed by atoms with van der Waals surface area (Å²) in [5, 5.41) is 6.60. The number of anilines is 2. The van der Waals surface area contributed by atoms with Crippen molar-refractivity contribution in [3.05, 3.63) is 60.8 Å². The third-order valence-electron chi connectivity index (χ3n) is 6.49. The van der Waals surface area contributed by atoms with Gasteiger partial charge in [-0.3, -0.25) is 0 Å². The first kappa shape index (κ1) is 22.2. The number of hydrogen-bond acceptors (Lipinski definition) is 9. The molecule has 0 saturated heterocycles. The van der Waals surface area contributed by atoms with Crippen molar-refractivity contribution >= 4 is 33.6 Å². The van der Waals surface area contributed by atoms with Gasteiger partial charge >= 0.3 is 6.01 Å². The molecule has 3 heterocycles. The van der Waals surface area contributed by atoms with E-state index in [9.17, 15) is 0 Å². The maximum absolute atomic E-state index is 6.14. The van der Waals surface area contributed by atoms with E-state index in [1.807, 2.05) is 62.0 Å². The highest BCUT2D eigenvalue weighted by atomic mass is 16.5. The molecule has 1 aliphatic rings. The lowest BCUT2D eigenvalue weighted by Crippen LogP contribution is -2.45. The van der Waals surface area contributed by atoms with Gasteiger partial charge in [0.05, 0.1) is 23.6 Å². The van der Waals surface area contributed by atoms with Gasteiger partial charge in [-0.1, -0.05) is 0 Å². The van der Waals surface area contributed by atoms with Gasteiger partial charge in [0.15, 0.2) is 5.82 Å². The second-order valence-corrected chi connectivity index (χ2v) is 9.02. The monoisotopic (exact) mass is 482 g/mol. The van der Waals surface area contributed by atoms with Gasteiger partial charge < -0.3 is 24.7 Å². The summed E-state index contributed by atoms with van der Waals surface area (Å²) in [5.41, 5.74) is 5.03. The van der Waals surface area contributed by atoms with Crippen LogP contribution in [0.1, 0.15) is 18.4 Å². The lowest BCUT2D eigenvalue weighted by Gasteiger charge is -2.34. The molecule has 1 saturated carbocycles. The van der Waals surface area contributed by atoms with Gasteiger partial charge in [0.1, 0.15) is 35.0 Å². The molecule has 0 amide bonds. The quantitative estimate of drug-likeness (QED) is 0.351. The largest absolute Gasteiger partial charge is 0.460 e. The van der Waals surface area contributed by atoms with Crippen molar-refractivity contribution in [3.8, 4) is 17.5 Å². The highest BCUT2D eigenvalue weighted by Crippen LogP contribution is 2.31. The zero-order valence-electron chi connectivity index (χ0n) is 20.3. The topological polar surface area (TPSA) is 112 Å². The zero-order chi connectivity index (χ0) is 24.6. The molecule has 1 fully saturated rings. The predicted octanol–water partition coefficient (Wildman–Crippen LogP) is 4.28. The summed E-state index contributed by atoms with van der Waals surface area (Å²) >= 11 is 0. The van der Waals surface area contributed by atoms with Crippen LogP contribution < -0.4 is 20.1 Å². The molecule has 0 aliphatic heterocycles. The van der Waals surface area contributed by atoms with Crippen LogP contribution in [-0.4, -0.2) is 48.7 Å².